The first-order valence-electron chi connectivity index (χ1n) is 6.29. The van der Waals surface area contributed by atoms with Crippen LogP contribution in [0, 0.1) is 11.3 Å². The molecule has 1 heterocycles. The number of anilines is 1. The van der Waals surface area contributed by atoms with Crippen LogP contribution in [0.5, 0.6) is 0 Å². The van der Waals surface area contributed by atoms with Crippen LogP contribution < -0.4 is 5.73 Å². The van der Waals surface area contributed by atoms with Crippen molar-refractivity contribution < 1.29 is 0 Å². The van der Waals surface area contributed by atoms with Gasteiger partial charge in [-0.05, 0) is 36.4 Å². The van der Waals surface area contributed by atoms with Crippen molar-refractivity contribution in [3.05, 3.63) is 65.2 Å². The highest BCUT2D eigenvalue weighted by molar-refractivity contribution is 6.30. The summed E-state index contributed by atoms with van der Waals surface area (Å²) >= 11 is 5.88. The molecule has 102 valence electrons. The molecule has 0 spiro atoms. The Balaban J connectivity index is 2.01. The third-order valence-electron chi connectivity index (χ3n) is 3.12. The van der Waals surface area contributed by atoms with E-state index in [1.165, 1.54) is 0 Å². The summed E-state index contributed by atoms with van der Waals surface area (Å²) in [6.07, 6.45) is 0. The van der Waals surface area contributed by atoms with Gasteiger partial charge in [0.2, 0.25) is 0 Å². The van der Waals surface area contributed by atoms with E-state index in [9.17, 15) is 0 Å². The van der Waals surface area contributed by atoms with Crippen molar-refractivity contribution in [1.29, 1.82) is 5.26 Å². The third-order valence-corrected chi connectivity index (χ3v) is 3.37. The highest BCUT2D eigenvalue weighted by atomic mass is 35.5. The van der Waals surface area contributed by atoms with Gasteiger partial charge in [-0.25, -0.2) is 4.68 Å². The molecule has 1 aromatic heterocycles. The van der Waals surface area contributed by atoms with Gasteiger partial charge in [-0.2, -0.15) is 10.4 Å². The van der Waals surface area contributed by atoms with E-state index in [1.807, 2.05) is 36.4 Å². The van der Waals surface area contributed by atoms with Gasteiger partial charge < -0.3 is 5.73 Å². The maximum atomic E-state index is 8.82. The van der Waals surface area contributed by atoms with Crippen molar-refractivity contribution in [1.82, 2.24) is 9.78 Å². The molecule has 2 N–H and O–H groups in total. The SMILES string of the molecule is N#Cc1ccc(-n2nc(-c3ccc(Cl)cc3)cc2N)cc1. The number of halogens is 1. The summed E-state index contributed by atoms with van der Waals surface area (Å²) in [7, 11) is 0. The molecule has 3 aromatic rings. The third kappa shape index (κ3) is 2.60. The summed E-state index contributed by atoms with van der Waals surface area (Å²) in [4.78, 5) is 0. The van der Waals surface area contributed by atoms with Crippen LogP contribution in [0.1, 0.15) is 5.56 Å². The van der Waals surface area contributed by atoms with Crippen LogP contribution in [0.25, 0.3) is 16.9 Å². The summed E-state index contributed by atoms with van der Waals surface area (Å²) in [6, 6.07) is 18.4. The van der Waals surface area contributed by atoms with Crippen LogP contribution >= 0.6 is 11.6 Å². The lowest BCUT2D eigenvalue weighted by Crippen LogP contribution is -2.01. The van der Waals surface area contributed by atoms with Gasteiger partial charge in [0.1, 0.15) is 5.82 Å². The molecule has 0 fully saturated rings. The molecule has 0 aliphatic heterocycles. The molecule has 0 saturated heterocycles. The normalized spacial score (nSPS) is 10.3. The number of hydrogen-bond donors (Lipinski definition) is 1. The molecule has 0 aliphatic rings. The number of nitrogens with two attached hydrogens (primary N) is 1. The molecule has 0 atom stereocenters. The lowest BCUT2D eigenvalue weighted by molar-refractivity contribution is 0.895. The Kier molecular flexibility index (Phi) is 3.35. The Bertz CT molecular complexity index is 811. The van der Waals surface area contributed by atoms with Gasteiger partial charge in [0, 0.05) is 16.7 Å². The van der Waals surface area contributed by atoms with E-state index in [4.69, 9.17) is 22.6 Å². The highest BCUT2D eigenvalue weighted by Gasteiger charge is 2.09. The highest BCUT2D eigenvalue weighted by Crippen LogP contribution is 2.24. The molecule has 5 heteroatoms. The van der Waals surface area contributed by atoms with Crippen LogP contribution in [0.3, 0.4) is 0 Å². The average molecular weight is 295 g/mol. The van der Waals surface area contributed by atoms with Gasteiger partial charge in [0.25, 0.3) is 0 Å². The lowest BCUT2D eigenvalue weighted by Gasteiger charge is -2.03. The van der Waals surface area contributed by atoms with E-state index in [1.54, 1.807) is 22.9 Å². The zero-order valence-electron chi connectivity index (χ0n) is 11.0. The minimum atomic E-state index is 0.532. The smallest absolute Gasteiger partial charge is 0.127 e. The lowest BCUT2D eigenvalue weighted by atomic mass is 10.1. The number of hydrogen-bond acceptors (Lipinski definition) is 3. The monoisotopic (exact) mass is 294 g/mol. The van der Waals surface area contributed by atoms with Gasteiger partial charge in [-0.1, -0.05) is 23.7 Å². The van der Waals surface area contributed by atoms with Crippen molar-refractivity contribution in [2.24, 2.45) is 0 Å². The van der Waals surface area contributed by atoms with E-state index in [-0.39, 0.29) is 0 Å². The number of nitrogens with zero attached hydrogens (tertiary/aromatic N) is 3. The minimum Gasteiger partial charge on any atom is -0.384 e. The topological polar surface area (TPSA) is 67.6 Å². The first-order valence-corrected chi connectivity index (χ1v) is 6.67. The number of nitriles is 1. The number of benzene rings is 2. The summed E-state index contributed by atoms with van der Waals surface area (Å²) in [5.74, 6) is 0.532. The van der Waals surface area contributed by atoms with Crippen LogP contribution in [-0.4, -0.2) is 9.78 Å². The van der Waals surface area contributed by atoms with E-state index in [2.05, 4.69) is 11.2 Å². The van der Waals surface area contributed by atoms with Gasteiger partial charge >= 0.3 is 0 Å². The molecule has 2 aromatic carbocycles. The summed E-state index contributed by atoms with van der Waals surface area (Å²) in [5, 5.41) is 14.0. The summed E-state index contributed by atoms with van der Waals surface area (Å²) < 4.78 is 1.64. The number of aromatic nitrogens is 2. The van der Waals surface area contributed by atoms with E-state index in [0.29, 0.717) is 16.4 Å². The molecule has 3 rings (SSSR count). The molecule has 0 saturated carbocycles. The second-order valence-electron chi connectivity index (χ2n) is 4.53. The molecular formula is C16H11ClN4. The quantitative estimate of drug-likeness (QED) is 0.784. The van der Waals surface area contributed by atoms with Gasteiger partial charge in [-0.15, -0.1) is 0 Å². The van der Waals surface area contributed by atoms with Crippen molar-refractivity contribution in [3.63, 3.8) is 0 Å². The minimum absolute atomic E-state index is 0.532. The largest absolute Gasteiger partial charge is 0.384 e. The Hall–Kier alpha value is -2.77. The van der Waals surface area contributed by atoms with Crippen LogP contribution in [0.15, 0.2) is 54.6 Å². The van der Waals surface area contributed by atoms with Gasteiger partial charge in [0.15, 0.2) is 0 Å². The standard InChI is InChI=1S/C16H11ClN4/c17-13-5-3-12(4-6-13)15-9-16(19)21(20-15)14-7-1-11(10-18)2-8-14/h1-9H,19H2. The molecule has 4 nitrogen and oxygen atoms in total. The Labute approximate surface area is 127 Å². The van der Waals surface area contributed by atoms with E-state index in [0.717, 1.165) is 16.9 Å². The summed E-state index contributed by atoms with van der Waals surface area (Å²) in [5.41, 5.74) is 9.15. The van der Waals surface area contributed by atoms with Gasteiger partial charge in [-0.3, -0.25) is 0 Å². The Morgan fingerprint density at radius 3 is 2.33 bits per heavy atom. The number of nitrogen functional groups attached to an aromatic ring is 1. The van der Waals surface area contributed by atoms with Crippen molar-refractivity contribution in [2.75, 3.05) is 5.73 Å². The first kappa shape index (κ1) is 13.2. The summed E-state index contributed by atoms with van der Waals surface area (Å²) in [6.45, 7) is 0. The fourth-order valence-corrected chi connectivity index (χ4v) is 2.17. The fourth-order valence-electron chi connectivity index (χ4n) is 2.04. The van der Waals surface area contributed by atoms with Crippen LogP contribution in [-0.2, 0) is 0 Å². The Morgan fingerprint density at radius 1 is 1.05 bits per heavy atom. The Morgan fingerprint density at radius 2 is 1.71 bits per heavy atom. The second-order valence-corrected chi connectivity index (χ2v) is 4.97. The molecule has 0 unspecified atom stereocenters. The van der Waals surface area contributed by atoms with Gasteiger partial charge in [0.05, 0.1) is 23.0 Å². The molecule has 0 bridgehead atoms. The number of rotatable bonds is 2. The fraction of sp³-hybridized carbons (Fsp3) is 0. The zero-order chi connectivity index (χ0) is 14.8. The van der Waals surface area contributed by atoms with Crippen molar-refractivity contribution in [3.8, 4) is 23.0 Å². The van der Waals surface area contributed by atoms with E-state index >= 15 is 0 Å². The molecular weight excluding hydrogens is 284 g/mol. The molecule has 0 amide bonds. The maximum Gasteiger partial charge on any atom is 0.127 e. The van der Waals surface area contributed by atoms with E-state index < -0.39 is 0 Å². The second kappa shape index (κ2) is 5.31. The molecule has 0 radical (unpaired) electrons. The molecule has 0 aliphatic carbocycles. The first-order chi connectivity index (χ1) is 10.2. The van der Waals surface area contributed by atoms with Crippen LogP contribution in [0.4, 0.5) is 5.82 Å². The maximum absolute atomic E-state index is 8.82. The molecule has 21 heavy (non-hydrogen) atoms. The van der Waals surface area contributed by atoms with Crippen LogP contribution in [0.2, 0.25) is 5.02 Å². The predicted octanol–water partition coefficient (Wildman–Crippen LogP) is 3.65. The zero-order valence-corrected chi connectivity index (χ0v) is 11.7. The predicted molar refractivity (Wildman–Crippen MR) is 83.1 cm³/mol. The average Bonchev–Trinajstić information content (AvgIpc) is 2.90. The van der Waals surface area contributed by atoms with Crippen molar-refractivity contribution >= 4 is 17.4 Å². The van der Waals surface area contributed by atoms with Crippen molar-refractivity contribution in [2.45, 2.75) is 0 Å².